The summed E-state index contributed by atoms with van der Waals surface area (Å²) in [7, 11) is 0. The molecule has 1 N–H and O–H groups in total. The highest BCUT2D eigenvalue weighted by molar-refractivity contribution is 5.97. The molecule has 1 amide bonds. The number of carbonyl (C=O) groups excluding carboxylic acids is 1. The van der Waals surface area contributed by atoms with Gasteiger partial charge in [0.2, 0.25) is 5.43 Å². The molecular weight excluding hydrogens is 278 g/mol. The lowest BCUT2D eigenvalue weighted by Gasteiger charge is -2.21. The molecule has 0 spiro atoms. The van der Waals surface area contributed by atoms with Crippen LogP contribution in [0.4, 0.5) is 8.78 Å². The van der Waals surface area contributed by atoms with E-state index in [1.165, 1.54) is 6.20 Å². The number of H-pyrrole nitrogens is 1. The first-order valence-corrected chi connectivity index (χ1v) is 6.80. The molecule has 2 aromatic rings. The maximum Gasteiger partial charge on any atom is 0.259 e. The monoisotopic (exact) mass is 292 g/mol. The van der Waals surface area contributed by atoms with Crippen molar-refractivity contribution in [3.8, 4) is 0 Å². The number of aromatic nitrogens is 1. The largest absolute Gasteiger partial charge is 0.358 e. The molecule has 4 nitrogen and oxygen atoms in total. The van der Waals surface area contributed by atoms with Crippen LogP contribution in [-0.4, -0.2) is 28.4 Å². The summed E-state index contributed by atoms with van der Waals surface area (Å²) in [5.41, 5.74) is -0.820. The molecule has 0 saturated carbocycles. The third-order valence-electron chi connectivity index (χ3n) is 3.95. The molecule has 1 unspecified atom stereocenters. The van der Waals surface area contributed by atoms with Gasteiger partial charge in [0, 0.05) is 24.8 Å². The standard InChI is InChI=1S/C15H14F2N2O2/c1-8-3-2-4-19(8)15(21)11-7-18-13-10(14(11)20)5-9(16)6-12(13)17/h5-8H,2-4H2,1H3,(H,18,20). The van der Waals surface area contributed by atoms with E-state index in [9.17, 15) is 18.4 Å². The van der Waals surface area contributed by atoms with Crippen molar-refractivity contribution in [3.63, 3.8) is 0 Å². The van der Waals surface area contributed by atoms with Crippen molar-refractivity contribution in [2.45, 2.75) is 25.8 Å². The molecule has 1 aliphatic rings. The molecule has 1 fully saturated rings. The van der Waals surface area contributed by atoms with Crippen molar-refractivity contribution in [2.75, 3.05) is 6.54 Å². The summed E-state index contributed by atoms with van der Waals surface area (Å²) < 4.78 is 26.9. The SMILES string of the molecule is CC1CCCN1C(=O)c1c[nH]c2c(F)cc(F)cc2c1=O. The van der Waals surface area contributed by atoms with E-state index in [0.717, 1.165) is 18.9 Å². The Kier molecular flexibility index (Phi) is 3.23. The van der Waals surface area contributed by atoms with E-state index in [2.05, 4.69) is 4.98 Å². The van der Waals surface area contributed by atoms with Crippen LogP contribution in [0, 0.1) is 11.6 Å². The molecule has 0 aliphatic carbocycles. The highest BCUT2D eigenvalue weighted by atomic mass is 19.1. The second-order valence-corrected chi connectivity index (χ2v) is 5.33. The molecular formula is C15H14F2N2O2. The van der Waals surface area contributed by atoms with Crippen molar-refractivity contribution in [2.24, 2.45) is 0 Å². The summed E-state index contributed by atoms with van der Waals surface area (Å²) >= 11 is 0. The van der Waals surface area contributed by atoms with Crippen molar-refractivity contribution >= 4 is 16.8 Å². The molecule has 3 rings (SSSR count). The van der Waals surface area contributed by atoms with E-state index in [-0.39, 0.29) is 22.5 Å². The summed E-state index contributed by atoms with van der Waals surface area (Å²) in [4.78, 5) is 28.9. The van der Waals surface area contributed by atoms with Gasteiger partial charge in [0.15, 0.2) is 0 Å². The molecule has 2 heterocycles. The summed E-state index contributed by atoms with van der Waals surface area (Å²) in [5, 5.41) is -0.148. The number of benzene rings is 1. The van der Waals surface area contributed by atoms with Crippen molar-refractivity contribution in [3.05, 3.63) is 45.8 Å². The molecule has 21 heavy (non-hydrogen) atoms. The van der Waals surface area contributed by atoms with Gasteiger partial charge in [-0.25, -0.2) is 8.78 Å². The fraction of sp³-hybridized carbons (Fsp3) is 0.333. The van der Waals surface area contributed by atoms with E-state index in [1.807, 2.05) is 6.92 Å². The van der Waals surface area contributed by atoms with Gasteiger partial charge < -0.3 is 9.88 Å². The Morgan fingerprint density at radius 1 is 1.38 bits per heavy atom. The first-order chi connectivity index (χ1) is 9.99. The minimum absolute atomic E-state index is 0.0665. The van der Waals surface area contributed by atoms with Crippen LogP contribution in [0.2, 0.25) is 0 Å². The Morgan fingerprint density at radius 2 is 2.14 bits per heavy atom. The smallest absolute Gasteiger partial charge is 0.259 e. The van der Waals surface area contributed by atoms with Gasteiger partial charge in [0.25, 0.3) is 5.91 Å². The zero-order chi connectivity index (χ0) is 15.1. The van der Waals surface area contributed by atoms with Gasteiger partial charge >= 0.3 is 0 Å². The number of hydrogen-bond acceptors (Lipinski definition) is 2. The Hall–Kier alpha value is -2.24. The van der Waals surface area contributed by atoms with Crippen LogP contribution in [0.3, 0.4) is 0 Å². The number of nitrogens with one attached hydrogen (secondary N) is 1. The molecule has 1 atom stereocenters. The zero-order valence-corrected chi connectivity index (χ0v) is 11.5. The van der Waals surface area contributed by atoms with Crippen LogP contribution in [0.5, 0.6) is 0 Å². The molecule has 1 aromatic carbocycles. The van der Waals surface area contributed by atoms with Crippen LogP contribution in [0.1, 0.15) is 30.1 Å². The van der Waals surface area contributed by atoms with Gasteiger partial charge in [-0.1, -0.05) is 0 Å². The average molecular weight is 292 g/mol. The first-order valence-electron chi connectivity index (χ1n) is 6.80. The number of aromatic amines is 1. The minimum Gasteiger partial charge on any atom is -0.358 e. The van der Waals surface area contributed by atoms with Crippen molar-refractivity contribution in [1.82, 2.24) is 9.88 Å². The zero-order valence-electron chi connectivity index (χ0n) is 11.5. The number of fused-ring (bicyclic) bond motifs is 1. The van der Waals surface area contributed by atoms with Crippen LogP contribution in [0.25, 0.3) is 10.9 Å². The first kappa shape index (κ1) is 13.7. The molecule has 0 radical (unpaired) electrons. The molecule has 1 saturated heterocycles. The fourth-order valence-electron chi connectivity index (χ4n) is 2.80. The Labute approximate surface area is 119 Å². The predicted octanol–water partition coefficient (Wildman–Crippen LogP) is 2.43. The van der Waals surface area contributed by atoms with E-state index in [0.29, 0.717) is 12.6 Å². The number of pyridine rings is 1. The number of likely N-dealkylation sites (tertiary alicyclic amines) is 1. The van der Waals surface area contributed by atoms with E-state index in [4.69, 9.17) is 0 Å². The van der Waals surface area contributed by atoms with Crippen LogP contribution in [-0.2, 0) is 0 Å². The van der Waals surface area contributed by atoms with Gasteiger partial charge in [0.1, 0.15) is 17.2 Å². The minimum atomic E-state index is -0.851. The van der Waals surface area contributed by atoms with Gasteiger partial charge in [-0.15, -0.1) is 0 Å². The molecule has 0 bridgehead atoms. The topological polar surface area (TPSA) is 53.2 Å². The lowest BCUT2D eigenvalue weighted by atomic mass is 10.1. The van der Waals surface area contributed by atoms with Crippen LogP contribution >= 0.6 is 0 Å². The molecule has 6 heteroatoms. The predicted molar refractivity (Wildman–Crippen MR) is 74.2 cm³/mol. The third-order valence-corrected chi connectivity index (χ3v) is 3.95. The summed E-state index contributed by atoms with van der Waals surface area (Å²) in [6.07, 6.45) is 2.99. The van der Waals surface area contributed by atoms with Gasteiger partial charge in [-0.2, -0.15) is 0 Å². The number of rotatable bonds is 1. The number of halogens is 2. The molecule has 1 aliphatic heterocycles. The van der Waals surface area contributed by atoms with Gasteiger partial charge in [-0.05, 0) is 25.8 Å². The highest BCUT2D eigenvalue weighted by Crippen LogP contribution is 2.20. The van der Waals surface area contributed by atoms with Crippen LogP contribution in [0.15, 0.2) is 23.1 Å². The highest BCUT2D eigenvalue weighted by Gasteiger charge is 2.28. The third kappa shape index (κ3) is 2.20. The lowest BCUT2D eigenvalue weighted by molar-refractivity contribution is 0.0746. The fourth-order valence-corrected chi connectivity index (χ4v) is 2.80. The van der Waals surface area contributed by atoms with Gasteiger partial charge in [0.05, 0.1) is 10.9 Å². The Balaban J connectivity index is 2.14. The maximum atomic E-state index is 13.6. The number of carbonyl (C=O) groups is 1. The average Bonchev–Trinajstić information content (AvgIpc) is 2.85. The van der Waals surface area contributed by atoms with E-state index >= 15 is 0 Å². The number of hydrogen-bond donors (Lipinski definition) is 1. The van der Waals surface area contributed by atoms with Crippen molar-refractivity contribution in [1.29, 1.82) is 0 Å². The summed E-state index contributed by atoms with van der Waals surface area (Å²) in [6.45, 7) is 2.51. The number of nitrogens with zero attached hydrogens (tertiary/aromatic N) is 1. The second kappa shape index (κ2) is 4.95. The molecule has 1 aromatic heterocycles. The Morgan fingerprint density at radius 3 is 2.81 bits per heavy atom. The van der Waals surface area contributed by atoms with E-state index in [1.54, 1.807) is 4.90 Å². The number of amides is 1. The Bertz CT molecular complexity index is 785. The normalized spacial score (nSPS) is 18.4. The van der Waals surface area contributed by atoms with E-state index < -0.39 is 23.0 Å². The van der Waals surface area contributed by atoms with Crippen molar-refractivity contribution < 1.29 is 13.6 Å². The lowest BCUT2D eigenvalue weighted by Crippen LogP contribution is -2.36. The summed E-state index contributed by atoms with van der Waals surface area (Å²) in [6, 6.07) is 1.71. The second-order valence-electron chi connectivity index (χ2n) is 5.33. The summed E-state index contributed by atoms with van der Waals surface area (Å²) in [5.74, 6) is -2.09. The maximum absolute atomic E-state index is 13.6. The molecule has 110 valence electrons. The van der Waals surface area contributed by atoms with Gasteiger partial charge in [-0.3, -0.25) is 9.59 Å². The quantitative estimate of drug-likeness (QED) is 0.877. The van der Waals surface area contributed by atoms with Crippen LogP contribution < -0.4 is 5.43 Å².